The van der Waals surface area contributed by atoms with E-state index in [0.717, 1.165) is 77.2 Å². The van der Waals surface area contributed by atoms with E-state index in [-0.39, 0.29) is 35.4 Å². The minimum absolute atomic E-state index is 0.0211. The lowest BCUT2D eigenvalue weighted by atomic mass is 9.81. The highest BCUT2D eigenvalue weighted by Crippen LogP contribution is 2.38. The van der Waals surface area contributed by atoms with Gasteiger partial charge in [0.05, 0.1) is 17.4 Å². The van der Waals surface area contributed by atoms with E-state index in [1.807, 2.05) is 0 Å². The molecule has 2 N–H and O–H groups in total. The van der Waals surface area contributed by atoms with Crippen molar-refractivity contribution < 1.29 is 22.7 Å². The topological polar surface area (TPSA) is 105 Å². The molecular formula is C31H53N3O5S. The summed E-state index contributed by atoms with van der Waals surface area (Å²) in [5, 5.41) is 6.01. The molecule has 0 aromatic rings. The third-order valence-electron chi connectivity index (χ3n) is 10.5. The SMILES string of the molecule is CC(C)(C1CCCO1)N(C(=O)C1CCC(NC(=O)CC2CCC(S(=O)(=O)CC3CC3)NC2)CC1)C1CCCCC1. The molecule has 0 bridgehead atoms. The van der Waals surface area contributed by atoms with E-state index >= 15 is 0 Å². The minimum atomic E-state index is -3.08. The number of carbonyl (C=O) groups excluding carboxylic acids is 2. The molecule has 0 radical (unpaired) electrons. The Labute approximate surface area is 242 Å². The molecule has 9 heteroatoms. The number of nitrogens with one attached hydrogen (secondary N) is 2. The second-order valence-electron chi connectivity index (χ2n) is 14.1. The Balaban J connectivity index is 1.08. The Morgan fingerprint density at radius 2 is 1.57 bits per heavy atom. The number of ether oxygens (including phenoxy) is 1. The van der Waals surface area contributed by atoms with E-state index in [2.05, 4.69) is 29.4 Å². The number of sulfone groups is 1. The van der Waals surface area contributed by atoms with Crippen LogP contribution in [0.15, 0.2) is 0 Å². The van der Waals surface area contributed by atoms with Crippen LogP contribution in [0.25, 0.3) is 0 Å². The van der Waals surface area contributed by atoms with E-state index < -0.39 is 15.2 Å². The molecule has 0 aromatic carbocycles. The van der Waals surface area contributed by atoms with Crippen molar-refractivity contribution in [3.63, 3.8) is 0 Å². The summed E-state index contributed by atoms with van der Waals surface area (Å²) in [6.07, 6.45) is 15.2. The molecule has 40 heavy (non-hydrogen) atoms. The monoisotopic (exact) mass is 579 g/mol. The van der Waals surface area contributed by atoms with E-state index in [0.29, 0.717) is 43.0 Å². The van der Waals surface area contributed by atoms with Crippen molar-refractivity contribution in [2.24, 2.45) is 17.8 Å². The normalized spacial score (nSPS) is 32.5. The standard InChI is InChI=1S/C31H53N3O5S/c1-31(2,27-9-6-18-39-27)34(26-7-4-3-5-8-26)30(36)24-13-15-25(16-14-24)33-28(35)19-23-12-17-29(32-20-23)40(37,38)21-22-10-11-22/h22-27,29,32H,3-21H2,1-2H3,(H,33,35). The first-order valence-corrected chi connectivity index (χ1v) is 18.0. The van der Waals surface area contributed by atoms with Crippen molar-refractivity contribution in [3.8, 4) is 0 Å². The number of hydrogen-bond donors (Lipinski definition) is 2. The van der Waals surface area contributed by atoms with Crippen molar-refractivity contribution >= 4 is 21.7 Å². The van der Waals surface area contributed by atoms with Crippen LogP contribution in [0, 0.1) is 17.8 Å². The maximum absolute atomic E-state index is 14.1. The molecule has 2 aliphatic heterocycles. The first kappa shape index (κ1) is 30.3. The third kappa shape index (κ3) is 7.41. The van der Waals surface area contributed by atoms with Crippen LogP contribution in [0.5, 0.6) is 0 Å². The average Bonchev–Trinajstić information content (AvgIpc) is 3.54. The number of rotatable bonds is 10. The Bertz CT molecular complexity index is 969. The third-order valence-corrected chi connectivity index (χ3v) is 12.7. The first-order valence-electron chi connectivity index (χ1n) is 16.3. The van der Waals surface area contributed by atoms with Gasteiger partial charge in [-0.3, -0.25) is 9.59 Å². The average molecular weight is 580 g/mol. The zero-order chi connectivity index (χ0) is 28.3. The van der Waals surface area contributed by atoms with Crippen molar-refractivity contribution in [1.82, 2.24) is 15.5 Å². The van der Waals surface area contributed by atoms with E-state index in [4.69, 9.17) is 4.74 Å². The van der Waals surface area contributed by atoms with E-state index in [1.54, 1.807) is 0 Å². The number of amides is 2. The quantitative estimate of drug-likeness (QED) is 0.400. The smallest absolute Gasteiger partial charge is 0.226 e. The lowest BCUT2D eigenvalue weighted by molar-refractivity contribution is -0.153. The second kappa shape index (κ2) is 13.0. The van der Waals surface area contributed by atoms with Gasteiger partial charge in [0.15, 0.2) is 9.84 Å². The highest BCUT2D eigenvalue weighted by molar-refractivity contribution is 7.92. The van der Waals surface area contributed by atoms with Gasteiger partial charge in [-0.2, -0.15) is 0 Å². The highest BCUT2D eigenvalue weighted by Gasteiger charge is 2.46. The summed E-state index contributed by atoms with van der Waals surface area (Å²) in [7, 11) is -3.08. The molecule has 5 rings (SSSR count). The molecule has 5 aliphatic rings. The Morgan fingerprint density at radius 1 is 0.875 bits per heavy atom. The van der Waals surface area contributed by atoms with Crippen LogP contribution in [-0.4, -0.2) is 73.1 Å². The maximum Gasteiger partial charge on any atom is 0.226 e. The summed E-state index contributed by atoms with van der Waals surface area (Å²) >= 11 is 0. The van der Waals surface area contributed by atoms with Gasteiger partial charge < -0.3 is 20.3 Å². The van der Waals surface area contributed by atoms with Gasteiger partial charge in [-0.05, 0) is 109 Å². The van der Waals surface area contributed by atoms with Crippen molar-refractivity contribution in [2.45, 2.75) is 146 Å². The molecule has 3 unspecified atom stereocenters. The summed E-state index contributed by atoms with van der Waals surface area (Å²) in [5.74, 6) is 1.23. The number of piperidine rings is 1. The van der Waals surface area contributed by atoms with Crippen molar-refractivity contribution in [1.29, 1.82) is 0 Å². The highest BCUT2D eigenvalue weighted by atomic mass is 32.2. The van der Waals surface area contributed by atoms with Crippen LogP contribution in [0.2, 0.25) is 0 Å². The van der Waals surface area contributed by atoms with Gasteiger partial charge >= 0.3 is 0 Å². The number of hydrogen-bond acceptors (Lipinski definition) is 6. The molecule has 2 heterocycles. The molecule has 3 aliphatic carbocycles. The molecule has 8 nitrogen and oxygen atoms in total. The maximum atomic E-state index is 14.1. The van der Waals surface area contributed by atoms with E-state index in [1.165, 1.54) is 19.3 Å². The molecule has 2 amide bonds. The first-order chi connectivity index (χ1) is 19.1. The van der Waals surface area contributed by atoms with Crippen LogP contribution in [0.3, 0.4) is 0 Å². The zero-order valence-electron chi connectivity index (χ0n) is 24.9. The van der Waals surface area contributed by atoms with Gasteiger partial charge in [0.2, 0.25) is 11.8 Å². The van der Waals surface area contributed by atoms with Crippen LogP contribution >= 0.6 is 0 Å². The number of nitrogens with zero attached hydrogens (tertiary/aromatic N) is 1. The van der Waals surface area contributed by atoms with Gasteiger partial charge in [-0.25, -0.2) is 8.42 Å². The predicted molar refractivity (Wildman–Crippen MR) is 156 cm³/mol. The Kier molecular flexibility index (Phi) is 9.83. The fraction of sp³-hybridized carbons (Fsp3) is 0.935. The largest absolute Gasteiger partial charge is 0.376 e. The summed E-state index contributed by atoms with van der Waals surface area (Å²) < 4.78 is 31.3. The van der Waals surface area contributed by atoms with Crippen molar-refractivity contribution in [2.75, 3.05) is 18.9 Å². The van der Waals surface area contributed by atoms with Gasteiger partial charge in [0, 0.05) is 31.0 Å². The Morgan fingerprint density at radius 3 is 2.17 bits per heavy atom. The van der Waals surface area contributed by atoms with E-state index in [9.17, 15) is 18.0 Å². The molecule has 3 atom stereocenters. The zero-order valence-corrected chi connectivity index (χ0v) is 25.7. The van der Waals surface area contributed by atoms with Crippen LogP contribution < -0.4 is 10.6 Å². The van der Waals surface area contributed by atoms with Gasteiger partial charge in [0.1, 0.15) is 5.37 Å². The van der Waals surface area contributed by atoms with Crippen molar-refractivity contribution in [3.05, 3.63) is 0 Å². The van der Waals surface area contributed by atoms with Crippen LogP contribution in [0.4, 0.5) is 0 Å². The molecule has 3 saturated carbocycles. The van der Waals surface area contributed by atoms with Gasteiger partial charge in [-0.15, -0.1) is 0 Å². The van der Waals surface area contributed by atoms with Crippen LogP contribution in [-0.2, 0) is 24.2 Å². The molecule has 5 fully saturated rings. The lowest BCUT2D eigenvalue weighted by Crippen LogP contribution is -2.61. The predicted octanol–water partition coefficient (Wildman–Crippen LogP) is 4.32. The molecule has 2 saturated heterocycles. The molecule has 0 aromatic heterocycles. The molecular weight excluding hydrogens is 526 g/mol. The molecule has 228 valence electrons. The lowest BCUT2D eigenvalue weighted by Gasteiger charge is -2.49. The summed E-state index contributed by atoms with van der Waals surface area (Å²) in [6.45, 7) is 5.81. The summed E-state index contributed by atoms with van der Waals surface area (Å²) in [4.78, 5) is 29.2. The van der Waals surface area contributed by atoms with Gasteiger partial charge in [0.25, 0.3) is 0 Å². The Hall–Kier alpha value is -1.19. The van der Waals surface area contributed by atoms with Crippen LogP contribution in [0.1, 0.15) is 117 Å². The fourth-order valence-corrected chi connectivity index (χ4v) is 9.96. The number of carbonyl (C=O) groups is 2. The fourth-order valence-electron chi connectivity index (χ4n) is 7.89. The minimum Gasteiger partial charge on any atom is -0.376 e. The second-order valence-corrected chi connectivity index (χ2v) is 16.3. The molecule has 0 spiro atoms. The van der Waals surface area contributed by atoms with Gasteiger partial charge in [-0.1, -0.05) is 19.3 Å². The summed E-state index contributed by atoms with van der Waals surface area (Å²) in [6, 6.07) is 0.430. The summed E-state index contributed by atoms with van der Waals surface area (Å²) in [5.41, 5.74) is -0.301.